The summed E-state index contributed by atoms with van der Waals surface area (Å²) in [7, 11) is 4.66. The third kappa shape index (κ3) is 7.27. The van der Waals surface area contributed by atoms with Crippen LogP contribution in [0.3, 0.4) is 0 Å². The number of anilines is 1. The van der Waals surface area contributed by atoms with Crippen molar-refractivity contribution in [3.8, 4) is 17.2 Å². The molecule has 11 nitrogen and oxygen atoms in total. The number of carbonyl (C=O) groups is 1. The van der Waals surface area contributed by atoms with Gasteiger partial charge in [0.15, 0.2) is 11.5 Å². The molecule has 2 aliphatic rings. The van der Waals surface area contributed by atoms with Crippen molar-refractivity contribution in [2.45, 2.75) is 37.8 Å². The zero-order valence-electron chi connectivity index (χ0n) is 29.9. The van der Waals surface area contributed by atoms with Gasteiger partial charge in [-0.05, 0) is 74.3 Å². The molecule has 1 amide bonds. The fourth-order valence-corrected chi connectivity index (χ4v) is 8.07. The molecule has 5 aromatic rings. The van der Waals surface area contributed by atoms with Gasteiger partial charge in [0, 0.05) is 69.2 Å². The molecule has 0 radical (unpaired) electrons. The predicted molar refractivity (Wildman–Crippen MR) is 205 cm³/mol. The number of likely N-dealkylation sites (tertiary alicyclic amines) is 1. The van der Waals surface area contributed by atoms with Crippen LogP contribution in [0, 0.1) is 0 Å². The van der Waals surface area contributed by atoms with Crippen LogP contribution in [-0.2, 0) is 18.5 Å². The summed E-state index contributed by atoms with van der Waals surface area (Å²) in [6, 6.07) is 17.7. The first-order valence-corrected chi connectivity index (χ1v) is 18.5. The van der Waals surface area contributed by atoms with Gasteiger partial charge in [-0.15, -0.1) is 0 Å². The van der Waals surface area contributed by atoms with Gasteiger partial charge >= 0.3 is 0 Å². The molecule has 4 heterocycles. The van der Waals surface area contributed by atoms with E-state index in [1.165, 1.54) is 0 Å². The van der Waals surface area contributed by atoms with Gasteiger partial charge < -0.3 is 38.0 Å². The Kier molecular flexibility index (Phi) is 10.8. The highest BCUT2D eigenvalue weighted by molar-refractivity contribution is 6.42. The lowest BCUT2D eigenvalue weighted by Crippen LogP contribution is -2.39. The first-order valence-electron chi connectivity index (χ1n) is 17.8. The number of halogens is 2. The SMILES string of the molecule is COc1cc(C(=O)N2CCC(CCN3CCCN(c4nc5ccccc5n4CCn4ccnc4)CC3)(c3ccc(Cl)c(Cl)c3)C2)cc(OC)c1OC. The number of imidazole rings is 2. The van der Waals surface area contributed by atoms with Crippen molar-refractivity contribution in [3.63, 3.8) is 0 Å². The number of carbonyl (C=O) groups excluding carboxylic acids is 1. The maximum Gasteiger partial charge on any atom is 0.254 e. The van der Waals surface area contributed by atoms with Gasteiger partial charge in [0.25, 0.3) is 5.91 Å². The van der Waals surface area contributed by atoms with Gasteiger partial charge in [0.05, 0.1) is 48.7 Å². The Morgan fingerprint density at radius 3 is 2.40 bits per heavy atom. The average molecular weight is 747 g/mol. The maximum absolute atomic E-state index is 14.0. The van der Waals surface area contributed by atoms with Crippen LogP contribution in [-0.4, -0.2) is 102 Å². The van der Waals surface area contributed by atoms with Crippen LogP contribution in [0.15, 0.2) is 73.3 Å². The largest absolute Gasteiger partial charge is 0.493 e. The molecule has 0 saturated carbocycles. The van der Waals surface area contributed by atoms with E-state index in [9.17, 15) is 4.79 Å². The number of methoxy groups -OCH3 is 3. The van der Waals surface area contributed by atoms with E-state index in [1.807, 2.05) is 35.8 Å². The molecule has 52 heavy (non-hydrogen) atoms. The third-order valence-electron chi connectivity index (χ3n) is 10.6. The molecule has 0 N–H and O–H groups in total. The smallest absolute Gasteiger partial charge is 0.254 e. The molecule has 274 valence electrons. The first kappa shape index (κ1) is 35.9. The minimum atomic E-state index is -0.294. The molecule has 0 spiro atoms. The Morgan fingerprint density at radius 1 is 0.865 bits per heavy atom. The lowest BCUT2D eigenvalue weighted by atomic mass is 9.76. The zero-order chi connectivity index (χ0) is 36.2. The van der Waals surface area contributed by atoms with Crippen molar-refractivity contribution in [3.05, 3.63) is 94.5 Å². The minimum absolute atomic E-state index is 0.0810. The molecule has 1 atom stereocenters. The Morgan fingerprint density at radius 2 is 1.67 bits per heavy atom. The number of fused-ring (bicyclic) bond motifs is 1. The third-order valence-corrected chi connectivity index (χ3v) is 11.4. The van der Waals surface area contributed by atoms with Crippen molar-refractivity contribution in [2.75, 3.05) is 72.0 Å². The van der Waals surface area contributed by atoms with Crippen molar-refractivity contribution >= 4 is 46.1 Å². The van der Waals surface area contributed by atoms with Crippen molar-refractivity contribution in [1.29, 1.82) is 0 Å². The summed E-state index contributed by atoms with van der Waals surface area (Å²) in [6.45, 7) is 7.39. The number of aryl methyl sites for hydroxylation is 2. The summed E-state index contributed by atoms with van der Waals surface area (Å²) in [5.74, 6) is 2.29. The fourth-order valence-electron chi connectivity index (χ4n) is 7.77. The average Bonchev–Trinajstić information content (AvgIpc) is 3.90. The van der Waals surface area contributed by atoms with Crippen LogP contribution in [0.1, 0.15) is 35.2 Å². The lowest BCUT2D eigenvalue weighted by molar-refractivity contribution is 0.0780. The van der Waals surface area contributed by atoms with Gasteiger partial charge in [0.1, 0.15) is 0 Å². The van der Waals surface area contributed by atoms with Crippen LogP contribution < -0.4 is 19.1 Å². The molecule has 0 aliphatic carbocycles. The fraction of sp³-hybridized carbons (Fsp3) is 0.410. The molecule has 2 fully saturated rings. The summed E-state index contributed by atoms with van der Waals surface area (Å²) in [5, 5.41) is 1.04. The van der Waals surface area contributed by atoms with E-state index in [-0.39, 0.29) is 11.3 Å². The van der Waals surface area contributed by atoms with Crippen molar-refractivity contribution < 1.29 is 19.0 Å². The maximum atomic E-state index is 14.0. The Hall–Kier alpha value is -4.45. The minimum Gasteiger partial charge on any atom is -0.493 e. The Bertz CT molecular complexity index is 1990. The number of ether oxygens (including phenoxy) is 3. The summed E-state index contributed by atoms with van der Waals surface area (Å²) < 4.78 is 21.0. The molecule has 0 bridgehead atoms. The van der Waals surface area contributed by atoms with Crippen LogP contribution in [0.5, 0.6) is 17.2 Å². The van der Waals surface area contributed by atoms with Gasteiger partial charge in [0.2, 0.25) is 11.7 Å². The molecular weight excluding hydrogens is 701 g/mol. The van der Waals surface area contributed by atoms with E-state index >= 15 is 0 Å². The number of rotatable bonds is 12. The van der Waals surface area contributed by atoms with Crippen LogP contribution in [0.2, 0.25) is 10.0 Å². The van der Waals surface area contributed by atoms with Gasteiger partial charge in [-0.25, -0.2) is 9.97 Å². The first-order chi connectivity index (χ1) is 25.3. The van der Waals surface area contributed by atoms with E-state index in [4.69, 9.17) is 42.4 Å². The summed E-state index contributed by atoms with van der Waals surface area (Å²) in [5.41, 5.74) is 3.46. The number of benzene rings is 3. The van der Waals surface area contributed by atoms with Crippen molar-refractivity contribution in [2.24, 2.45) is 0 Å². The predicted octanol–water partition coefficient (Wildman–Crippen LogP) is 6.65. The highest BCUT2D eigenvalue weighted by Gasteiger charge is 2.42. The molecule has 2 aliphatic heterocycles. The number of para-hydroxylation sites is 2. The van der Waals surface area contributed by atoms with Gasteiger partial charge in [-0.2, -0.15) is 0 Å². The number of nitrogens with zero attached hydrogens (tertiary/aromatic N) is 7. The second kappa shape index (κ2) is 15.7. The lowest BCUT2D eigenvalue weighted by Gasteiger charge is -2.33. The van der Waals surface area contributed by atoms with E-state index < -0.39 is 0 Å². The van der Waals surface area contributed by atoms with E-state index in [2.05, 4.69) is 54.2 Å². The Balaban J connectivity index is 1.08. The topological polar surface area (TPSA) is 90.1 Å². The molecular formula is C39H45Cl2N7O4. The zero-order valence-corrected chi connectivity index (χ0v) is 31.4. The summed E-state index contributed by atoms with van der Waals surface area (Å²) in [4.78, 5) is 30.3. The molecule has 2 aromatic heterocycles. The standard InChI is InChI=1S/C39H45Cl2N7O4/c1-50-34-23-28(24-35(51-2)36(34)52-3)37(49)47-17-12-39(26-47,29-9-10-30(40)31(41)25-29)11-16-44-14-6-15-46(21-19-44)38-43-32-7-4-5-8-33(32)48(38)22-20-45-18-13-42-27-45/h4-5,7-10,13,18,23-25,27H,6,11-12,14-17,19-22,26H2,1-3H3. The van der Waals surface area contributed by atoms with E-state index in [0.29, 0.717) is 45.9 Å². The molecule has 2 saturated heterocycles. The van der Waals surface area contributed by atoms with E-state index in [0.717, 1.165) is 87.6 Å². The monoisotopic (exact) mass is 745 g/mol. The highest BCUT2D eigenvalue weighted by Crippen LogP contribution is 2.42. The molecule has 3 aromatic carbocycles. The van der Waals surface area contributed by atoms with Gasteiger partial charge in [-0.1, -0.05) is 41.4 Å². The number of amides is 1. The molecule has 13 heteroatoms. The van der Waals surface area contributed by atoms with Crippen LogP contribution in [0.4, 0.5) is 5.95 Å². The number of hydrogen-bond acceptors (Lipinski definition) is 8. The summed E-state index contributed by atoms with van der Waals surface area (Å²) in [6.07, 6.45) is 8.38. The quantitative estimate of drug-likeness (QED) is 0.140. The van der Waals surface area contributed by atoms with Crippen LogP contribution in [0.25, 0.3) is 11.0 Å². The second-order valence-electron chi connectivity index (χ2n) is 13.6. The number of aromatic nitrogens is 4. The highest BCUT2D eigenvalue weighted by atomic mass is 35.5. The summed E-state index contributed by atoms with van der Waals surface area (Å²) >= 11 is 13.0. The second-order valence-corrected chi connectivity index (χ2v) is 14.4. The molecule has 1 unspecified atom stereocenters. The van der Waals surface area contributed by atoms with Crippen LogP contribution >= 0.6 is 23.2 Å². The van der Waals surface area contributed by atoms with Gasteiger partial charge in [-0.3, -0.25) is 4.79 Å². The Labute approximate surface area is 314 Å². The van der Waals surface area contributed by atoms with Crippen molar-refractivity contribution in [1.82, 2.24) is 28.9 Å². The molecule has 7 rings (SSSR count). The van der Waals surface area contributed by atoms with E-state index in [1.54, 1.807) is 33.5 Å². The normalized spacial score (nSPS) is 18.2. The number of hydrogen-bond donors (Lipinski definition) is 0.